The number of carbonyl (C=O) groups is 1. The van der Waals surface area contributed by atoms with Crippen molar-refractivity contribution in [1.29, 1.82) is 0 Å². The number of rotatable bonds is 5. The molecule has 0 aliphatic carbocycles. The van der Waals surface area contributed by atoms with Crippen molar-refractivity contribution >= 4 is 38.9 Å². The molecule has 1 N–H and O–H groups in total. The maximum atomic E-state index is 12.2. The fourth-order valence-electron chi connectivity index (χ4n) is 1.96. The highest BCUT2D eigenvalue weighted by Gasteiger charge is 2.17. The van der Waals surface area contributed by atoms with Gasteiger partial charge in [-0.3, -0.25) is 4.79 Å². The summed E-state index contributed by atoms with van der Waals surface area (Å²) in [6, 6.07) is 5.96. The van der Waals surface area contributed by atoms with Gasteiger partial charge in [-0.05, 0) is 32.4 Å². The van der Waals surface area contributed by atoms with Crippen LogP contribution in [0.2, 0.25) is 5.02 Å². The minimum atomic E-state index is -0.136. The number of ether oxygens (including phenoxy) is 1. The van der Waals surface area contributed by atoms with E-state index >= 15 is 0 Å². The second-order valence-corrected chi connectivity index (χ2v) is 6.30. The fraction of sp³-hybridized carbons (Fsp3) is 0.400. The Hall–Kier alpha value is -1.10. The van der Waals surface area contributed by atoms with Gasteiger partial charge in [-0.15, -0.1) is 11.3 Å². The molecule has 0 fully saturated rings. The van der Waals surface area contributed by atoms with Crippen molar-refractivity contribution < 1.29 is 9.53 Å². The Balaban J connectivity index is 2.11. The van der Waals surface area contributed by atoms with E-state index in [4.69, 9.17) is 16.3 Å². The first-order valence-corrected chi connectivity index (χ1v) is 7.77. The smallest absolute Gasteiger partial charge is 0.263 e. The molecule has 5 heteroatoms. The highest BCUT2D eigenvalue weighted by molar-refractivity contribution is 7.21. The van der Waals surface area contributed by atoms with Crippen LogP contribution in [0.1, 0.15) is 29.1 Å². The maximum absolute atomic E-state index is 12.2. The maximum Gasteiger partial charge on any atom is 0.263 e. The van der Waals surface area contributed by atoms with E-state index < -0.39 is 0 Å². The zero-order valence-electron chi connectivity index (χ0n) is 11.8. The average molecular weight is 312 g/mol. The molecule has 1 aromatic carbocycles. The predicted molar refractivity (Wildman–Crippen MR) is 85.0 cm³/mol. The molecular formula is C15H18ClNO2S. The molecular weight excluding hydrogens is 294 g/mol. The lowest BCUT2D eigenvalue weighted by molar-refractivity contribution is 0.0748. The van der Waals surface area contributed by atoms with Gasteiger partial charge in [0.2, 0.25) is 0 Å². The second-order valence-electron chi connectivity index (χ2n) is 4.87. The number of aryl methyl sites for hydroxylation is 1. The van der Waals surface area contributed by atoms with Crippen molar-refractivity contribution in [2.75, 3.05) is 13.2 Å². The van der Waals surface area contributed by atoms with Gasteiger partial charge < -0.3 is 10.1 Å². The van der Waals surface area contributed by atoms with Gasteiger partial charge in [0.15, 0.2) is 0 Å². The van der Waals surface area contributed by atoms with Gasteiger partial charge in [-0.2, -0.15) is 0 Å². The number of hydrogen-bond acceptors (Lipinski definition) is 3. The lowest BCUT2D eigenvalue weighted by Crippen LogP contribution is -2.27. The van der Waals surface area contributed by atoms with Crippen LogP contribution in [0, 0.1) is 6.92 Å². The van der Waals surface area contributed by atoms with Gasteiger partial charge in [0.1, 0.15) is 4.88 Å². The molecule has 0 spiro atoms. The van der Waals surface area contributed by atoms with Crippen LogP contribution in [-0.4, -0.2) is 25.2 Å². The highest BCUT2D eigenvalue weighted by atomic mass is 35.5. The number of benzene rings is 1. The Kier molecular flexibility index (Phi) is 5.02. The monoisotopic (exact) mass is 311 g/mol. The molecule has 0 radical (unpaired) electrons. The molecule has 0 saturated heterocycles. The third-order valence-corrected chi connectivity index (χ3v) is 4.55. The third kappa shape index (κ3) is 3.32. The Labute approximate surface area is 127 Å². The van der Waals surface area contributed by atoms with Crippen LogP contribution in [0.3, 0.4) is 0 Å². The molecule has 1 amide bonds. The summed E-state index contributed by atoms with van der Waals surface area (Å²) in [6.45, 7) is 6.92. The number of hydrogen-bond donors (Lipinski definition) is 1. The van der Waals surface area contributed by atoms with Crippen LogP contribution < -0.4 is 5.32 Å². The summed E-state index contributed by atoms with van der Waals surface area (Å²) >= 11 is 7.76. The van der Waals surface area contributed by atoms with Gasteiger partial charge in [-0.25, -0.2) is 0 Å². The minimum Gasteiger partial charge on any atom is -0.377 e. The van der Waals surface area contributed by atoms with Crippen LogP contribution in [0.15, 0.2) is 18.2 Å². The zero-order chi connectivity index (χ0) is 14.7. The van der Waals surface area contributed by atoms with E-state index in [1.807, 2.05) is 39.0 Å². The Morgan fingerprint density at radius 2 is 2.20 bits per heavy atom. The molecule has 0 saturated carbocycles. The standard InChI is InChI=1S/C15H18ClNO2S/c1-9(2)19-8-7-17-15(18)14-13(16)12-10(3)5-4-6-11(12)20-14/h4-6,9H,7-8H2,1-3H3,(H,17,18). The van der Waals surface area contributed by atoms with E-state index in [9.17, 15) is 4.79 Å². The number of fused-ring (bicyclic) bond motifs is 1. The van der Waals surface area contributed by atoms with Gasteiger partial charge in [0, 0.05) is 16.6 Å². The van der Waals surface area contributed by atoms with Gasteiger partial charge in [0.25, 0.3) is 5.91 Å². The molecule has 3 nitrogen and oxygen atoms in total. The first kappa shape index (κ1) is 15.3. The summed E-state index contributed by atoms with van der Waals surface area (Å²) in [6.07, 6.45) is 0.169. The number of amides is 1. The molecule has 2 rings (SSSR count). The zero-order valence-corrected chi connectivity index (χ0v) is 13.4. The quantitative estimate of drug-likeness (QED) is 0.847. The summed E-state index contributed by atoms with van der Waals surface area (Å²) in [5.74, 6) is -0.136. The average Bonchev–Trinajstić information content (AvgIpc) is 2.73. The first-order valence-electron chi connectivity index (χ1n) is 6.58. The van der Waals surface area contributed by atoms with Crippen LogP contribution in [0.4, 0.5) is 0 Å². The van der Waals surface area contributed by atoms with E-state index in [0.29, 0.717) is 23.1 Å². The molecule has 0 atom stereocenters. The summed E-state index contributed by atoms with van der Waals surface area (Å²) < 4.78 is 6.43. The summed E-state index contributed by atoms with van der Waals surface area (Å²) in [7, 11) is 0. The van der Waals surface area contributed by atoms with Gasteiger partial charge >= 0.3 is 0 Å². The second kappa shape index (κ2) is 6.57. The molecule has 108 valence electrons. The topological polar surface area (TPSA) is 38.3 Å². The van der Waals surface area contributed by atoms with E-state index in [2.05, 4.69) is 5.32 Å². The molecule has 0 unspecified atom stereocenters. The minimum absolute atomic E-state index is 0.136. The summed E-state index contributed by atoms with van der Waals surface area (Å²) in [5.41, 5.74) is 1.09. The van der Waals surface area contributed by atoms with Crippen molar-refractivity contribution in [3.05, 3.63) is 33.7 Å². The van der Waals surface area contributed by atoms with E-state index in [0.717, 1.165) is 15.6 Å². The summed E-state index contributed by atoms with van der Waals surface area (Å²) in [4.78, 5) is 12.7. The molecule has 0 aliphatic heterocycles. The van der Waals surface area contributed by atoms with Crippen molar-refractivity contribution in [3.8, 4) is 0 Å². The van der Waals surface area contributed by atoms with Crippen LogP contribution >= 0.6 is 22.9 Å². The summed E-state index contributed by atoms with van der Waals surface area (Å²) in [5, 5.41) is 4.36. The normalized spacial score (nSPS) is 11.2. The number of nitrogens with one attached hydrogen (secondary N) is 1. The lowest BCUT2D eigenvalue weighted by atomic mass is 10.1. The Bertz CT molecular complexity index is 622. The van der Waals surface area contributed by atoms with Gasteiger partial charge in [-0.1, -0.05) is 23.7 Å². The van der Waals surface area contributed by atoms with Crippen LogP contribution in [0.25, 0.3) is 10.1 Å². The first-order chi connectivity index (χ1) is 9.50. The Morgan fingerprint density at radius 1 is 1.45 bits per heavy atom. The molecule has 2 aromatic rings. The van der Waals surface area contributed by atoms with Crippen molar-refractivity contribution in [2.24, 2.45) is 0 Å². The molecule has 1 aromatic heterocycles. The van der Waals surface area contributed by atoms with Gasteiger partial charge in [0.05, 0.1) is 17.7 Å². The van der Waals surface area contributed by atoms with Crippen LogP contribution in [0.5, 0.6) is 0 Å². The van der Waals surface area contributed by atoms with E-state index in [1.54, 1.807) is 0 Å². The lowest BCUT2D eigenvalue weighted by Gasteiger charge is -2.08. The van der Waals surface area contributed by atoms with Crippen molar-refractivity contribution in [1.82, 2.24) is 5.32 Å². The predicted octanol–water partition coefficient (Wildman–Crippen LogP) is 4.02. The van der Waals surface area contributed by atoms with E-state index in [-0.39, 0.29) is 12.0 Å². The SMILES string of the molecule is Cc1cccc2sc(C(=O)NCCOC(C)C)c(Cl)c12. The molecule has 0 bridgehead atoms. The number of thiophene rings is 1. The molecule has 0 aliphatic rings. The third-order valence-electron chi connectivity index (χ3n) is 2.91. The largest absolute Gasteiger partial charge is 0.377 e. The Morgan fingerprint density at radius 3 is 2.85 bits per heavy atom. The highest BCUT2D eigenvalue weighted by Crippen LogP contribution is 2.37. The molecule has 1 heterocycles. The van der Waals surface area contributed by atoms with Crippen molar-refractivity contribution in [2.45, 2.75) is 26.9 Å². The van der Waals surface area contributed by atoms with Crippen molar-refractivity contribution in [3.63, 3.8) is 0 Å². The number of halogens is 1. The van der Waals surface area contributed by atoms with E-state index in [1.165, 1.54) is 11.3 Å². The fourth-order valence-corrected chi connectivity index (χ4v) is 3.56. The van der Waals surface area contributed by atoms with Crippen LogP contribution in [-0.2, 0) is 4.74 Å². The molecule has 20 heavy (non-hydrogen) atoms. The number of carbonyl (C=O) groups excluding carboxylic acids is 1.